The van der Waals surface area contributed by atoms with E-state index >= 15 is 0 Å². The second-order valence-corrected chi connectivity index (χ2v) is 7.23. The van der Waals surface area contributed by atoms with Crippen LogP contribution in [0, 0.1) is 12.7 Å². The lowest BCUT2D eigenvalue weighted by molar-refractivity contribution is 0.257. The number of thiophene rings is 1. The van der Waals surface area contributed by atoms with E-state index in [1.165, 1.54) is 10.9 Å². The van der Waals surface area contributed by atoms with Gasteiger partial charge in [0.15, 0.2) is 0 Å². The van der Waals surface area contributed by atoms with Crippen molar-refractivity contribution < 1.29 is 8.91 Å². The summed E-state index contributed by atoms with van der Waals surface area (Å²) in [7, 11) is 2.12. The number of hydrogen-bond donors (Lipinski definition) is 0. The van der Waals surface area contributed by atoms with Gasteiger partial charge in [-0.25, -0.2) is 4.39 Å². The van der Waals surface area contributed by atoms with E-state index < -0.39 is 0 Å². The lowest BCUT2D eigenvalue weighted by Gasteiger charge is -2.23. The molecule has 0 aliphatic carbocycles. The van der Waals surface area contributed by atoms with Crippen LogP contribution in [-0.4, -0.2) is 28.6 Å². The van der Waals surface area contributed by atoms with Crippen LogP contribution in [-0.2, 0) is 6.42 Å². The average Bonchev–Trinajstić information content (AvgIpc) is 3.28. The second kappa shape index (κ2) is 7.89. The van der Waals surface area contributed by atoms with Crippen molar-refractivity contribution in [1.29, 1.82) is 0 Å². The molecule has 6 heteroatoms. The first-order valence-corrected chi connectivity index (χ1v) is 9.25. The molecule has 0 aliphatic rings. The monoisotopic (exact) mass is 359 g/mol. The largest absolute Gasteiger partial charge is 0.339 e. The van der Waals surface area contributed by atoms with Gasteiger partial charge in [0.05, 0.1) is 0 Å². The second-order valence-electron chi connectivity index (χ2n) is 6.25. The molecule has 1 aromatic carbocycles. The van der Waals surface area contributed by atoms with Gasteiger partial charge in [-0.1, -0.05) is 23.4 Å². The Balaban J connectivity index is 1.54. The minimum atomic E-state index is -0.256. The van der Waals surface area contributed by atoms with E-state index in [1.807, 2.05) is 6.07 Å². The third-order valence-corrected chi connectivity index (χ3v) is 5.46. The summed E-state index contributed by atoms with van der Waals surface area (Å²) in [6.07, 6.45) is 1.64. The molecular weight excluding hydrogens is 337 g/mol. The Bertz CT molecular complexity index is 816. The highest BCUT2D eigenvalue weighted by atomic mass is 32.1. The van der Waals surface area contributed by atoms with E-state index in [4.69, 9.17) is 4.52 Å². The van der Waals surface area contributed by atoms with Gasteiger partial charge in [-0.05, 0) is 56.9 Å². The van der Waals surface area contributed by atoms with E-state index in [9.17, 15) is 4.39 Å². The van der Waals surface area contributed by atoms with Gasteiger partial charge < -0.3 is 4.52 Å². The summed E-state index contributed by atoms with van der Waals surface area (Å²) in [6, 6.07) is 9.62. The minimum absolute atomic E-state index is 0.256. The molecule has 0 spiro atoms. The number of nitrogens with zero attached hydrogens (tertiary/aromatic N) is 3. The third-order valence-electron chi connectivity index (χ3n) is 4.42. The normalized spacial score (nSPS) is 12.7. The zero-order valence-electron chi connectivity index (χ0n) is 14.7. The molecule has 1 unspecified atom stereocenters. The molecule has 0 saturated carbocycles. The van der Waals surface area contributed by atoms with Crippen LogP contribution >= 0.6 is 11.3 Å². The number of benzene rings is 1. The summed E-state index contributed by atoms with van der Waals surface area (Å²) in [5.41, 5.74) is 1.25. The van der Waals surface area contributed by atoms with Gasteiger partial charge in [0, 0.05) is 22.9 Å². The standard InChI is InChI=1S/C19H22FN3OS/c1-13-8-9-15(12-16(13)20)19-21-18(24-22-19)7-4-10-23(3)14(2)17-6-5-11-25-17/h5-6,8-9,11-12,14H,4,7,10H2,1-3H3. The fraction of sp³-hybridized carbons (Fsp3) is 0.368. The van der Waals surface area contributed by atoms with Crippen molar-refractivity contribution in [3.05, 3.63) is 57.9 Å². The molecule has 3 rings (SSSR count). The van der Waals surface area contributed by atoms with Crippen LogP contribution in [0.3, 0.4) is 0 Å². The van der Waals surface area contributed by atoms with Crippen molar-refractivity contribution in [2.45, 2.75) is 32.7 Å². The molecule has 0 bridgehead atoms. The van der Waals surface area contributed by atoms with Crippen LogP contribution in [0.2, 0.25) is 0 Å². The van der Waals surface area contributed by atoms with Gasteiger partial charge in [0.1, 0.15) is 5.82 Å². The number of hydrogen-bond acceptors (Lipinski definition) is 5. The first-order valence-electron chi connectivity index (χ1n) is 8.37. The first kappa shape index (κ1) is 17.8. The summed E-state index contributed by atoms with van der Waals surface area (Å²) in [5.74, 6) is 0.774. The molecule has 1 atom stereocenters. The third kappa shape index (κ3) is 4.32. The van der Waals surface area contributed by atoms with Gasteiger partial charge in [-0.2, -0.15) is 4.98 Å². The van der Waals surface area contributed by atoms with Crippen LogP contribution in [0.4, 0.5) is 4.39 Å². The fourth-order valence-electron chi connectivity index (χ4n) is 2.63. The van der Waals surface area contributed by atoms with Crippen LogP contribution in [0.15, 0.2) is 40.2 Å². The van der Waals surface area contributed by atoms with Crippen LogP contribution in [0.25, 0.3) is 11.4 Å². The molecule has 2 aromatic heterocycles. The van der Waals surface area contributed by atoms with Gasteiger partial charge >= 0.3 is 0 Å². The van der Waals surface area contributed by atoms with E-state index in [1.54, 1.807) is 24.3 Å². The van der Waals surface area contributed by atoms with Crippen molar-refractivity contribution in [3.8, 4) is 11.4 Å². The molecule has 0 saturated heterocycles. The van der Waals surface area contributed by atoms with Crippen molar-refractivity contribution in [1.82, 2.24) is 15.0 Å². The zero-order valence-corrected chi connectivity index (χ0v) is 15.5. The van der Waals surface area contributed by atoms with E-state index in [0.717, 1.165) is 13.0 Å². The van der Waals surface area contributed by atoms with Crippen molar-refractivity contribution in [2.75, 3.05) is 13.6 Å². The predicted octanol–water partition coefficient (Wildman–Crippen LogP) is 4.87. The Morgan fingerprint density at radius 3 is 2.88 bits per heavy atom. The van der Waals surface area contributed by atoms with Gasteiger partial charge in [-0.3, -0.25) is 4.90 Å². The molecule has 2 heterocycles. The Morgan fingerprint density at radius 1 is 1.32 bits per heavy atom. The van der Waals surface area contributed by atoms with Gasteiger partial charge in [-0.15, -0.1) is 11.3 Å². The Labute approximate surface area is 151 Å². The maximum absolute atomic E-state index is 13.7. The summed E-state index contributed by atoms with van der Waals surface area (Å²) >= 11 is 1.78. The number of rotatable bonds is 7. The predicted molar refractivity (Wildman–Crippen MR) is 98.1 cm³/mol. The van der Waals surface area contributed by atoms with Crippen molar-refractivity contribution in [3.63, 3.8) is 0 Å². The summed E-state index contributed by atoms with van der Waals surface area (Å²) in [4.78, 5) is 8.06. The lowest BCUT2D eigenvalue weighted by Crippen LogP contribution is -2.23. The average molecular weight is 359 g/mol. The summed E-state index contributed by atoms with van der Waals surface area (Å²) in [6.45, 7) is 4.88. The lowest BCUT2D eigenvalue weighted by atomic mass is 10.1. The fourth-order valence-corrected chi connectivity index (χ4v) is 3.47. The van der Waals surface area contributed by atoms with Gasteiger partial charge in [0.25, 0.3) is 0 Å². The highest BCUT2D eigenvalue weighted by Crippen LogP contribution is 2.24. The SMILES string of the molecule is Cc1ccc(-c2noc(CCCN(C)C(C)c3cccs3)n2)cc1F. The molecule has 0 aliphatic heterocycles. The minimum Gasteiger partial charge on any atom is -0.339 e. The van der Waals surface area contributed by atoms with Crippen LogP contribution in [0.5, 0.6) is 0 Å². The molecular formula is C19H22FN3OS. The Kier molecular flexibility index (Phi) is 5.60. The summed E-state index contributed by atoms with van der Waals surface area (Å²) < 4.78 is 19.0. The molecule has 0 fully saturated rings. The summed E-state index contributed by atoms with van der Waals surface area (Å²) in [5, 5.41) is 6.07. The molecule has 25 heavy (non-hydrogen) atoms. The molecule has 3 aromatic rings. The molecule has 132 valence electrons. The number of aromatic nitrogens is 2. The van der Waals surface area contributed by atoms with E-state index in [2.05, 4.69) is 46.5 Å². The molecule has 0 amide bonds. The maximum atomic E-state index is 13.7. The van der Waals surface area contributed by atoms with Crippen LogP contribution < -0.4 is 0 Å². The topological polar surface area (TPSA) is 42.2 Å². The highest BCUT2D eigenvalue weighted by molar-refractivity contribution is 7.10. The first-order chi connectivity index (χ1) is 12.0. The highest BCUT2D eigenvalue weighted by Gasteiger charge is 2.14. The molecule has 4 nitrogen and oxygen atoms in total. The van der Waals surface area contributed by atoms with Crippen LogP contribution in [0.1, 0.15) is 35.7 Å². The van der Waals surface area contributed by atoms with Crippen molar-refractivity contribution in [2.24, 2.45) is 0 Å². The Hall–Kier alpha value is -2.05. The zero-order chi connectivity index (χ0) is 17.8. The van der Waals surface area contributed by atoms with Gasteiger partial charge in [0.2, 0.25) is 11.7 Å². The Morgan fingerprint density at radius 2 is 2.16 bits per heavy atom. The molecule has 0 radical (unpaired) electrons. The molecule has 0 N–H and O–H groups in total. The smallest absolute Gasteiger partial charge is 0.227 e. The quantitative estimate of drug-likeness (QED) is 0.603. The maximum Gasteiger partial charge on any atom is 0.227 e. The number of aryl methyl sites for hydroxylation is 2. The van der Waals surface area contributed by atoms with E-state index in [0.29, 0.717) is 35.3 Å². The van der Waals surface area contributed by atoms with Crippen molar-refractivity contribution >= 4 is 11.3 Å². The van der Waals surface area contributed by atoms with E-state index in [-0.39, 0.29) is 5.82 Å². The number of halogens is 1.